The Hall–Kier alpha value is -2.01. The van der Waals surface area contributed by atoms with Crippen LogP contribution in [0.3, 0.4) is 0 Å². The fourth-order valence-electron chi connectivity index (χ4n) is 2.34. The number of aliphatic imine (C=N–C) groups is 1. The number of aromatic nitrogens is 2. The average molecular weight is 419 g/mol. The van der Waals surface area contributed by atoms with Crippen LogP contribution in [-0.4, -0.2) is 53.3 Å². The third kappa shape index (κ3) is 7.63. The Bertz CT molecular complexity index is 902. The van der Waals surface area contributed by atoms with E-state index >= 15 is 0 Å². The molecule has 0 unspecified atom stereocenters. The lowest BCUT2D eigenvalue weighted by atomic mass is 10.2. The van der Waals surface area contributed by atoms with Crippen LogP contribution in [0.1, 0.15) is 44.6 Å². The van der Waals surface area contributed by atoms with Gasteiger partial charge >= 0.3 is 0 Å². The summed E-state index contributed by atoms with van der Waals surface area (Å²) < 4.78 is 23.8. The minimum absolute atomic E-state index is 0.0553. The van der Waals surface area contributed by atoms with Gasteiger partial charge in [0.1, 0.15) is 15.4 Å². The largest absolute Gasteiger partial charge is 0.548 e. The summed E-state index contributed by atoms with van der Waals surface area (Å²) in [4.78, 5) is 29.3. The number of carbonyl (C=O) groups excluding carboxylic acids is 1. The van der Waals surface area contributed by atoms with Gasteiger partial charge in [-0.1, -0.05) is 26.2 Å². The van der Waals surface area contributed by atoms with Crippen LogP contribution in [0, 0.1) is 4.77 Å². The van der Waals surface area contributed by atoms with Gasteiger partial charge in [0, 0.05) is 19.0 Å². The highest BCUT2D eigenvalue weighted by Gasteiger charge is 2.14. The van der Waals surface area contributed by atoms with Crippen LogP contribution in [0.5, 0.6) is 5.88 Å². The monoisotopic (exact) mass is 418 g/mol. The second-order valence-electron chi connectivity index (χ2n) is 6.24. The van der Waals surface area contributed by atoms with Crippen molar-refractivity contribution in [2.75, 3.05) is 12.0 Å². The molecular weight excluding hydrogens is 394 g/mol. The Balaban J connectivity index is 3.09. The van der Waals surface area contributed by atoms with E-state index in [1.165, 1.54) is 4.57 Å². The van der Waals surface area contributed by atoms with E-state index in [4.69, 9.17) is 12.2 Å². The first kappa shape index (κ1) is 23.0. The molecule has 0 saturated carbocycles. The van der Waals surface area contributed by atoms with Gasteiger partial charge in [0.25, 0.3) is 5.56 Å². The van der Waals surface area contributed by atoms with Gasteiger partial charge < -0.3 is 15.0 Å². The van der Waals surface area contributed by atoms with E-state index in [-0.39, 0.29) is 16.8 Å². The summed E-state index contributed by atoms with van der Waals surface area (Å²) in [6.07, 6.45) is 5.33. The van der Waals surface area contributed by atoms with Crippen LogP contribution in [0.4, 0.5) is 0 Å². The molecule has 2 N–H and O–H groups in total. The lowest BCUT2D eigenvalue weighted by molar-refractivity contribution is -0.307. The molecule has 27 heavy (non-hydrogen) atoms. The van der Waals surface area contributed by atoms with Gasteiger partial charge in [-0.2, -0.15) is 0 Å². The van der Waals surface area contributed by atoms with Crippen molar-refractivity contribution in [1.29, 1.82) is 0 Å². The molecule has 0 saturated heterocycles. The summed E-state index contributed by atoms with van der Waals surface area (Å²) in [6.45, 7) is 2.45. The molecule has 0 aliphatic heterocycles. The summed E-state index contributed by atoms with van der Waals surface area (Å²) in [5, 5.41) is 21.5. The molecule has 1 rings (SSSR count). The fraction of sp³-hybridized carbons (Fsp3) is 0.625. The van der Waals surface area contributed by atoms with Crippen molar-refractivity contribution in [2.45, 2.75) is 51.6 Å². The summed E-state index contributed by atoms with van der Waals surface area (Å²) >= 11 is 5.06. The maximum atomic E-state index is 12.0. The topological polar surface area (TPSA) is 145 Å². The van der Waals surface area contributed by atoms with Crippen LogP contribution in [0.15, 0.2) is 9.79 Å². The Morgan fingerprint density at radius 2 is 2.07 bits per heavy atom. The number of rotatable bonds is 11. The number of nitrogens with one attached hydrogen (secondary N) is 1. The summed E-state index contributed by atoms with van der Waals surface area (Å²) in [7, 11) is -3.38. The van der Waals surface area contributed by atoms with Crippen molar-refractivity contribution >= 4 is 34.2 Å². The molecule has 0 aliphatic rings. The zero-order chi connectivity index (χ0) is 20.6. The number of carboxylic acid groups (broad SMARTS) is 1. The highest BCUT2D eigenvalue weighted by Crippen LogP contribution is 2.14. The normalized spacial score (nSPS) is 13.1. The molecule has 0 amide bonds. The van der Waals surface area contributed by atoms with Gasteiger partial charge in [-0.25, -0.2) is 8.42 Å². The van der Waals surface area contributed by atoms with Gasteiger partial charge in [-0.05, 0) is 25.1 Å². The number of carboxylic acids is 1. The van der Waals surface area contributed by atoms with Crippen molar-refractivity contribution in [3.05, 3.63) is 20.7 Å². The number of aliphatic carboxylic acids is 1. The zero-order valence-electron chi connectivity index (χ0n) is 15.3. The van der Waals surface area contributed by atoms with E-state index in [2.05, 4.69) is 16.9 Å². The quantitative estimate of drug-likeness (QED) is 0.296. The van der Waals surface area contributed by atoms with Crippen molar-refractivity contribution < 1.29 is 23.4 Å². The van der Waals surface area contributed by atoms with Crippen LogP contribution in [-0.2, 0) is 21.2 Å². The number of aromatic hydroxyl groups is 1. The maximum absolute atomic E-state index is 12.0. The molecular formula is C16H24N3O6S2-. The zero-order valence-corrected chi connectivity index (χ0v) is 16.9. The summed E-state index contributed by atoms with van der Waals surface area (Å²) in [5.74, 6) is -2.38. The highest BCUT2D eigenvalue weighted by molar-refractivity contribution is 7.90. The average Bonchev–Trinajstić information content (AvgIpc) is 2.55. The molecule has 1 atom stereocenters. The van der Waals surface area contributed by atoms with Gasteiger partial charge in [0.05, 0.1) is 17.8 Å². The maximum Gasteiger partial charge on any atom is 0.264 e. The van der Waals surface area contributed by atoms with Crippen LogP contribution in [0.2, 0.25) is 0 Å². The molecule has 0 aromatic carbocycles. The van der Waals surface area contributed by atoms with E-state index in [1.54, 1.807) is 0 Å². The molecule has 0 bridgehead atoms. The summed E-state index contributed by atoms with van der Waals surface area (Å²) in [5.41, 5.74) is -0.962. The molecule has 9 nitrogen and oxygen atoms in total. The predicted octanol–water partition coefficient (Wildman–Crippen LogP) is 0.164. The first-order valence-corrected chi connectivity index (χ1v) is 11.0. The van der Waals surface area contributed by atoms with E-state index in [1.807, 2.05) is 0 Å². The first-order chi connectivity index (χ1) is 12.6. The molecule has 0 aliphatic carbocycles. The Kier molecular flexibility index (Phi) is 8.83. The van der Waals surface area contributed by atoms with Crippen LogP contribution in [0.25, 0.3) is 0 Å². The van der Waals surface area contributed by atoms with E-state index in [9.17, 15) is 28.2 Å². The number of aromatic amines is 1. The SMILES string of the molecule is CCCCCCn1c(O)c(C=N[C@H](CCS(C)(=O)=O)C(=O)[O-])c(=O)[nH]c1=S. The van der Waals surface area contributed by atoms with E-state index in [0.29, 0.717) is 6.54 Å². The van der Waals surface area contributed by atoms with Crippen molar-refractivity contribution in [3.63, 3.8) is 0 Å². The van der Waals surface area contributed by atoms with Crippen LogP contribution >= 0.6 is 12.2 Å². The fourth-order valence-corrected chi connectivity index (χ4v) is 3.26. The number of H-pyrrole nitrogens is 1. The molecule has 1 aromatic heterocycles. The third-order valence-corrected chi connectivity index (χ3v) is 5.16. The van der Waals surface area contributed by atoms with Gasteiger partial charge in [0.15, 0.2) is 4.77 Å². The first-order valence-electron chi connectivity index (χ1n) is 8.54. The predicted molar refractivity (Wildman–Crippen MR) is 102 cm³/mol. The Labute approximate surface area is 162 Å². The minimum Gasteiger partial charge on any atom is -0.548 e. The number of nitrogens with zero attached hydrogens (tertiary/aromatic N) is 2. The standard InChI is InChI=1S/C16H25N3O6S2/c1-3-4-5-6-8-19-14(21)11(13(20)18-16(19)26)10-17-12(15(22)23)7-9-27(2,24)25/h10,12,21H,3-9H2,1-2H3,(H,22,23)(H,18,20,26)/p-1/t12-/m1/s1. The number of hydrogen-bond donors (Lipinski definition) is 2. The number of unbranched alkanes of at least 4 members (excludes halogenated alkanes) is 3. The van der Waals surface area contributed by atoms with Crippen molar-refractivity contribution in [3.8, 4) is 5.88 Å². The molecule has 152 valence electrons. The minimum atomic E-state index is -3.38. The number of hydrogen-bond acceptors (Lipinski definition) is 8. The van der Waals surface area contributed by atoms with Crippen LogP contribution < -0.4 is 10.7 Å². The van der Waals surface area contributed by atoms with E-state index in [0.717, 1.165) is 38.2 Å². The van der Waals surface area contributed by atoms with E-state index < -0.39 is 39.0 Å². The lowest BCUT2D eigenvalue weighted by Gasteiger charge is -2.14. The van der Waals surface area contributed by atoms with Gasteiger partial charge in [0.2, 0.25) is 5.88 Å². The molecule has 0 radical (unpaired) electrons. The molecule has 0 fully saturated rings. The van der Waals surface area contributed by atoms with Gasteiger partial charge in [-0.15, -0.1) is 0 Å². The lowest BCUT2D eigenvalue weighted by Crippen LogP contribution is -2.36. The molecule has 1 aromatic rings. The second kappa shape index (κ2) is 10.4. The van der Waals surface area contributed by atoms with Crippen molar-refractivity contribution in [2.24, 2.45) is 4.99 Å². The molecule has 11 heteroatoms. The number of carbonyl (C=O) groups is 1. The highest BCUT2D eigenvalue weighted by atomic mass is 32.2. The van der Waals surface area contributed by atoms with Gasteiger partial charge in [-0.3, -0.25) is 19.3 Å². The third-order valence-electron chi connectivity index (χ3n) is 3.86. The smallest absolute Gasteiger partial charge is 0.264 e. The summed E-state index contributed by atoms with van der Waals surface area (Å²) in [6, 6.07) is -1.46. The Morgan fingerprint density at radius 3 is 2.63 bits per heavy atom. The molecule has 0 spiro atoms. The Morgan fingerprint density at radius 1 is 1.41 bits per heavy atom. The number of sulfone groups is 1. The molecule has 1 heterocycles. The van der Waals surface area contributed by atoms with Crippen molar-refractivity contribution in [1.82, 2.24) is 9.55 Å². The second-order valence-corrected chi connectivity index (χ2v) is 8.89.